The first-order valence-corrected chi connectivity index (χ1v) is 11.4. The lowest BCUT2D eigenvalue weighted by Gasteiger charge is -2.11. The van der Waals surface area contributed by atoms with E-state index in [1.165, 1.54) is 51.4 Å². The van der Waals surface area contributed by atoms with Gasteiger partial charge in [0.05, 0.1) is 5.69 Å². The maximum Gasteiger partial charge on any atom is 0.409 e. The molecule has 0 aliphatic carbocycles. The molecule has 0 radical (unpaired) electrons. The number of benzene rings is 1. The maximum atomic E-state index is 11.9. The van der Waals surface area contributed by atoms with Crippen molar-refractivity contribution in [1.82, 2.24) is 5.32 Å². The zero-order valence-corrected chi connectivity index (χ0v) is 17.3. The summed E-state index contributed by atoms with van der Waals surface area (Å²) < 4.78 is 30.8. The molecule has 0 amide bonds. The summed E-state index contributed by atoms with van der Waals surface area (Å²) in [6.45, 7) is 2.86. The number of rotatable bonds is 14. The van der Waals surface area contributed by atoms with Gasteiger partial charge in [-0.25, -0.2) is 0 Å². The molecule has 5 nitrogen and oxygen atoms in total. The number of thiocarbonyl (C=S) groups is 1. The van der Waals surface area contributed by atoms with Crippen LogP contribution in [-0.2, 0) is 14.5 Å². The zero-order chi connectivity index (χ0) is 19.1. The number of unbranched alkanes of at least 4 members (excludes halogenated alkanes) is 9. The van der Waals surface area contributed by atoms with E-state index >= 15 is 0 Å². The van der Waals surface area contributed by atoms with Crippen molar-refractivity contribution in [1.29, 1.82) is 0 Å². The highest BCUT2D eigenvalue weighted by Crippen LogP contribution is 2.11. The summed E-state index contributed by atoms with van der Waals surface area (Å²) in [7, 11) is -3.95. The smallest absolute Gasteiger partial charge is 0.346 e. The fourth-order valence-corrected chi connectivity index (χ4v) is 3.70. The van der Waals surface area contributed by atoms with Crippen LogP contribution in [0.15, 0.2) is 30.3 Å². The molecule has 0 atom stereocenters. The molecule has 0 aromatic heterocycles. The van der Waals surface area contributed by atoms with Gasteiger partial charge in [-0.1, -0.05) is 82.9 Å². The molecule has 0 heterocycles. The predicted octanol–water partition coefficient (Wildman–Crippen LogP) is 5.16. The van der Waals surface area contributed by atoms with Crippen LogP contribution in [-0.4, -0.2) is 20.1 Å². The van der Waals surface area contributed by atoms with Gasteiger partial charge in [0.15, 0.2) is 0 Å². The largest absolute Gasteiger partial charge is 0.409 e. The van der Waals surface area contributed by atoms with Crippen LogP contribution < -0.4 is 10.0 Å². The first kappa shape index (κ1) is 22.7. The van der Waals surface area contributed by atoms with E-state index in [0.717, 1.165) is 12.8 Å². The van der Waals surface area contributed by atoms with Crippen molar-refractivity contribution >= 4 is 33.4 Å². The number of anilines is 1. The first-order chi connectivity index (χ1) is 12.5. The summed E-state index contributed by atoms with van der Waals surface area (Å²) in [5, 5.41) is 2.72. The van der Waals surface area contributed by atoms with E-state index in [9.17, 15) is 8.42 Å². The van der Waals surface area contributed by atoms with E-state index in [2.05, 4.69) is 17.0 Å². The van der Waals surface area contributed by atoms with Crippen molar-refractivity contribution in [2.75, 3.05) is 11.3 Å². The fourth-order valence-electron chi connectivity index (χ4n) is 2.60. The summed E-state index contributed by atoms with van der Waals surface area (Å²) in [6.07, 6.45) is 12.5. The molecule has 0 saturated heterocycles. The van der Waals surface area contributed by atoms with Crippen LogP contribution in [0.4, 0.5) is 5.69 Å². The lowest BCUT2D eigenvalue weighted by Crippen LogP contribution is -2.30. The SMILES string of the molecule is CCCCCCCCCCCCNC(=S)OS(=O)(=O)Nc1ccccc1. The molecule has 1 aromatic carbocycles. The van der Waals surface area contributed by atoms with E-state index in [4.69, 9.17) is 16.4 Å². The predicted molar refractivity (Wildman–Crippen MR) is 113 cm³/mol. The maximum absolute atomic E-state index is 11.9. The van der Waals surface area contributed by atoms with Crippen molar-refractivity contribution in [3.05, 3.63) is 30.3 Å². The van der Waals surface area contributed by atoms with Crippen LogP contribution in [0.5, 0.6) is 0 Å². The van der Waals surface area contributed by atoms with Gasteiger partial charge in [-0.05, 0) is 30.8 Å². The molecule has 0 unspecified atom stereocenters. The number of hydrogen-bond acceptors (Lipinski definition) is 4. The van der Waals surface area contributed by atoms with Gasteiger partial charge >= 0.3 is 10.3 Å². The van der Waals surface area contributed by atoms with E-state index in [1.807, 2.05) is 0 Å². The summed E-state index contributed by atoms with van der Waals surface area (Å²) in [5.41, 5.74) is 0.435. The molecular formula is C19H32N2O3S2. The molecule has 0 aliphatic rings. The Hall–Kier alpha value is -1.34. The monoisotopic (exact) mass is 400 g/mol. The lowest BCUT2D eigenvalue weighted by molar-refractivity contribution is 0.478. The molecule has 0 bridgehead atoms. The Balaban J connectivity index is 2.03. The van der Waals surface area contributed by atoms with E-state index in [1.54, 1.807) is 30.3 Å². The van der Waals surface area contributed by atoms with Crippen LogP contribution in [0.2, 0.25) is 0 Å². The van der Waals surface area contributed by atoms with Crippen molar-refractivity contribution in [2.45, 2.75) is 71.1 Å². The third-order valence-electron chi connectivity index (χ3n) is 4.00. The van der Waals surface area contributed by atoms with E-state index in [0.29, 0.717) is 12.2 Å². The standard InChI is InChI=1S/C19H32N2O3S2/c1-2-3-4-5-6-7-8-9-10-14-17-20-19(25)24-26(22,23)21-18-15-12-11-13-16-18/h11-13,15-16,21H,2-10,14,17H2,1H3,(H,20,25). The second kappa shape index (κ2) is 13.8. The molecule has 148 valence electrons. The van der Waals surface area contributed by atoms with Crippen molar-refractivity contribution in [3.63, 3.8) is 0 Å². The Morgan fingerprint density at radius 1 is 0.923 bits per heavy atom. The lowest BCUT2D eigenvalue weighted by atomic mass is 10.1. The molecule has 0 spiro atoms. The second-order valence-electron chi connectivity index (χ2n) is 6.40. The quantitative estimate of drug-likeness (QED) is 0.334. The van der Waals surface area contributed by atoms with E-state index in [-0.39, 0.29) is 5.17 Å². The van der Waals surface area contributed by atoms with Gasteiger partial charge in [0, 0.05) is 6.54 Å². The molecule has 0 fully saturated rings. The zero-order valence-electron chi connectivity index (χ0n) is 15.7. The molecule has 0 aliphatic heterocycles. The molecule has 2 N–H and O–H groups in total. The average molecular weight is 401 g/mol. The minimum atomic E-state index is -3.95. The molecule has 1 aromatic rings. The summed E-state index contributed by atoms with van der Waals surface area (Å²) in [6, 6.07) is 8.55. The van der Waals surface area contributed by atoms with Crippen molar-refractivity contribution in [3.8, 4) is 0 Å². The minimum Gasteiger partial charge on any atom is -0.346 e. The molecule has 1 rings (SSSR count). The highest BCUT2D eigenvalue weighted by Gasteiger charge is 2.14. The molecule has 7 heteroatoms. The van der Waals surface area contributed by atoms with Gasteiger partial charge in [0.1, 0.15) is 0 Å². The van der Waals surface area contributed by atoms with Gasteiger partial charge in [-0.2, -0.15) is 8.42 Å². The Morgan fingerprint density at radius 3 is 2.04 bits per heavy atom. The highest BCUT2D eigenvalue weighted by molar-refractivity contribution is 7.90. The second-order valence-corrected chi connectivity index (χ2v) is 8.05. The summed E-state index contributed by atoms with van der Waals surface area (Å²) in [5.74, 6) is 0. The Bertz CT molecular complexity index is 592. The first-order valence-electron chi connectivity index (χ1n) is 9.58. The van der Waals surface area contributed by atoms with E-state index < -0.39 is 10.3 Å². The Labute approximate surface area is 164 Å². The van der Waals surface area contributed by atoms with Crippen LogP contribution in [0.1, 0.15) is 71.1 Å². The third-order valence-corrected chi connectivity index (χ3v) is 5.21. The number of nitrogens with one attached hydrogen (secondary N) is 2. The van der Waals surface area contributed by atoms with Crippen molar-refractivity contribution in [2.24, 2.45) is 0 Å². The molecule has 26 heavy (non-hydrogen) atoms. The number of para-hydroxylation sites is 1. The normalized spacial score (nSPS) is 11.1. The Morgan fingerprint density at radius 2 is 1.46 bits per heavy atom. The third kappa shape index (κ3) is 12.1. The van der Waals surface area contributed by atoms with Gasteiger partial charge < -0.3 is 9.50 Å². The van der Waals surface area contributed by atoms with Gasteiger partial charge in [-0.15, -0.1) is 0 Å². The molecule has 0 saturated carbocycles. The topological polar surface area (TPSA) is 67.4 Å². The van der Waals surface area contributed by atoms with Crippen LogP contribution >= 0.6 is 12.2 Å². The summed E-state index contributed by atoms with van der Waals surface area (Å²) >= 11 is 4.94. The Kier molecular flexibility index (Phi) is 12.1. The van der Waals surface area contributed by atoms with Crippen molar-refractivity contribution < 1.29 is 12.6 Å². The van der Waals surface area contributed by atoms with Gasteiger partial charge in [0.2, 0.25) is 0 Å². The number of hydrogen-bond donors (Lipinski definition) is 2. The fraction of sp³-hybridized carbons (Fsp3) is 0.632. The van der Waals surface area contributed by atoms with Crippen LogP contribution in [0.3, 0.4) is 0 Å². The highest BCUT2D eigenvalue weighted by atomic mass is 32.2. The average Bonchev–Trinajstić information content (AvgIpc) is 2.59. The molecular weight excluding hydrogens is 368 g/mol. The van der Waals surface area contributed by atoms with Crippen LogP contribution in [0, 0.1) is 0 Å². The minimum absolute atomic E-state index is 0.121. The van der Waals surface area contributed by atoms with Crippen LogP contribution in [0.25, 0.3) is 0 Å². The van der Waals surface area contributed by atoms with Gasteiger partial charge in [0.25, 0.3) is 5.17 Å². The summed E-state index contributed by atoms with van der Waals surface area (Å²) in [4.78, 5) is 0. The van der Waals surface area contributed by atoms with Gasteiger partial charge in [-0.3, -0.25) is 4.72 Å².